The third-order valence-corrected chi connectivity index (χ3v) is 10.8. The van der Waals surface area contributed by atoms with Crippen LogP contribution < -0.4 is 10.5 Å². The number of nitro groups is 1. The number of methoxy groups -OCH3 is 1. The van der Waals surface area contributed by atoms with Gasteiger partial charge in [-0.05, 0) is 17.5 Å². The number of nitrogens with zero attached hydrogens (tertiary/aromatic N) is 4. The van der Waals surface area contributed by atoms with Crippen LogP contribution in [0.25, 0.3) is 11.0 Å². The van der Waals surface area contributed by atoms with E-state index in [0.717, 1.165) is 0 Å². The number of benzene rings is 1. The number of rotatable bonds is 14. The van der Waals surface area contributed by atoms with E-state index in [2.05, 4.69) is 23.1 Å². The van der Waals surface area contributed by atoms with Crippen molar-refractivity contribution < 1.29 is 70.7 Å². The average Bonchev–Trinajstić information content (AvgIpc) is 3.49. The summed E-state index contributed by atoms with van der Waals surface area (Å²) >= 11 is 0. The predicted molar refractivity (Wildman–Crippen MR) is 163 cm³/mol. The highest BCUT2D eigenvalue weighted by Gasteiger charge is 2.43. The number of anilines is 1. The average molecular weight is 741 g/mol. The molecule has 0 saturated carbocycles. The molecule has 4 rings (SSSR count). The van der Waals surface area contributed by atoms with E-state index in [1.165, 1.54) is 36.2 Å². The largest absolute Gasteiger partial charge is 0.497 e. The van der Waals surface area contributed by atoms with Crippen molar-refractivity contribution in [1.82, 2.24) is 14.5 Å². The molecule has 1 aromatic carbocycles. The van der Waals surface area contributed by atoms with Crippen molar-refractivity contribution in [3.05, 3.63) is 52.0 Å². The van der Waals surface area contributed by atoms with Crippen LogP contribution in [0.2, 0.25) is 0 Å². The van der Waals surface area contributed by atoms with Crippen molar-refractivity contribution >= 4 is 46.0 Å². The Morgan fingerprint density at radius 2 is 1.83 bits per heavy atom. The van der Waals surface area contributed by atoms with Gasteiger partial charge >= 0.3 is 23.5 Å². The molecule has 2 aromatic heterocycles. The molecule has 1 saturated heterocycles. The quantitative estimate of drug-likeness (QED) is 0.0784. The normalized spacial score (nSPS) is 21.9. The van der Waals surface area contributed by atoms with Crippen LogP contribution in [0, 0.1) is 15.5 Å². The van der Waals surface area contributed by atoms with Gasteiger partial charge in [0.25, 0.3) is 5.69 Å². The number of phosphoric acid groups is 3. The molecule has 7 N–H and O–H groups in total. The van der Waals surface area contributed by atoms with Gasteiger partial charge in [0.1, 0.15) is 35.9 Å². The molecule has 0 radical (unpaired) electrons. The summed E-state index contributed by atoms with van der Waals surface area (Å²) in [6.45, 7) is 4.52. The topological polar surface area (TPSA) is 308 Å². The van der Waals surface area contributed by atoms with Gasteiger partial charge in [0, 0.05) is 24.2 Å². The number of aliphatic hydroxyl groups is 1. The summed E-state index contributed by atoms with van der Waals surface area (Å²) in [5.41, 5.74) is 6.37. The Balaban J connectivity index is 1.57. The zero-order chi connectivity index (χ0) is 35.8. The van der Waals surface area contributed by atoms with E-state index < -0.39 is 65.0 Å². The number of nitro benzene ring substituents is 1. The summed E-state index contributed by atoms with van der Waals surface area (Å²) in [6, 6.07) is 4.34. The number of ether oxygens (including phenoxy) is 3. The maximum atomic E-state index is 12.2. The van der Waals surface area contributed by atoms with Crippen molar-refractivity contribution in [2.45, 2.75) is 58.3 Å². The van der Waals surface area contributed by atoms with Gasteiger partial charge < -0.3 is 49.2 Å². The Morgan fingerprint density at radius 1 is 1.15 bits per heavy atom. The lowest BCUT2D eigenvalue weighted by Gasteiger charge is -2.31. The van der Waals surface area contributed by atoms with Gasteiger partial charge in [0.2, 0.25) is 0 Å². The van der Waals surface area contributed by atoms with Crippen LogP contribution in [0.5, 0.6) is 5.75 Å². The third kappa shape index (κ3) is 9.22. The number of hydrogen-bond donors (Lipinski definition) is 6. The first-order valence-electron chi connectivity index (χ1n) is 13.8. The van der Waals surface area contributed by atoms with Crippen LogP contribution in [0.4, 0.5) is 11.5 Å². The summed E-state index contributed by atoms with van der Waals surface area (Å²) in [6.07, 6.45) is -1.78. The fourth-order valence-electron chi connectivity index (χ4n) is 5.04. The molecule has 6 atom stereocenters. The molecule has 0 aliphatic carbocycles. The van der Waals surface area contributed by atoms with Gasteiger partial charge in [-0.1, -0.05) is 20.8 Å². The molecule has 2 unspecified atom stereocenters. The number of fused-ring (bicyclic) bond motifs is 1. The second-order valence-corrected chi connectivity index (χ2v) is 16.0. The molecular formula is C24H34N5O16P3. The van der Waals surface area contributed by atoms with Crippen LogP contribution in [-0.2, 0) is 42.9 Å². The molecular weight excluding hydrogens is 707 g/mol. The van der Waals surface area contributed by atoms with Crippen LogP contribution in [-0.4, -0.2) is 70.1 Å². The van der Waals surface area contributed by atoms with Gasteiger partial charge in [-0.25, -0.2) is 23.7 Å². The number of hydrogen-bond acceptors (Lipinski definition) is 15. The monoisotopic (exact) mass is 741 g/mol. The van der Waals surface area contributed by atoms with Crippen molar-refractivity contribution in [3.8, 4) is 5.75 Å². The fourth-order valence-corrected chi connectivity index (χ4v) is 8.07. The lowest BCUT2D eigenvalue weighted by atomic mass is 9.83. The Morgan fingerprint density at radius 3 is 2.44 bits per heavy atom. The lowest BCUT2D eigenvalue weighted by Crippen LogP contribution is -2.26. The van der Waals surface area contributed by atoms with Crippen molar-refractivity contribution in [2.24, 2.45) is 5.41 Å². The fraction of sp³-hybridized carbons (Fsp3) is 0.500. The first-order valence-corrected chi connectivity index (χ1v) is 18.3. The first kappa shape index (κ1) is 37.9. The Hall–Kier alpha value is -2.87. The molecule has 24 heteroatoms. The summed E-state index contributed by atoms with van der Waals surface area (Å²) in [5, 5.41) is 22.9. The molecule has 266 valence electrons. The van der Waals surface area contributed by atoms with Gasteiger partial charge in [0.15, 0.2) is 0 Å². The van der Waals surface area contributed by atoms with Crippen LogP contribution in [0.1, 0.15) is 50.7 Å². The molecule has 48 heavy (non-hydrogen) atoms. The van der Waals surface area contributed by atoms with E-state index in [0.29, 0.717) is 16.7 Å². The van der Waals surface area contributed by atoms with E-state index >= 15 is 0 Å². The second-order valence-electron chi connectivity index (χ2n) is 11.6. The van der Waals surface area contributed by atoms with Crippen LogP contribution in [0.3, 0.4) is 0 Å². The van der Waals surface area contributed by atoms with Crippen LogP contribution >= 0.6 is 23.5 Å². The molecule has 3 heterocycles. The maximum absolute atomic E-state index is 12.2. The minimum atomic E-state index is -5.74. The number of aliphatic hydroxyl groups excluding tert-OH is 1. The molecule has 21 nitrogen and oxygen atoms in total. The first-order chi connectivity index (χ1) is 22.1. The summed E-state index contributed by atoms with van der Waals surface area (Å²) in [7, 11) is -15.4. The summed E-state index contributed by atoms with van der Waals surface area (Å²) in [5.74, 6) is 0.460. The van der Waals surface area contributed by atoms with E-state index in [9.17, 15) is 38.7 Å². The second kappa shape index (κ2) is 14.2. The molecule has 1 aliphatic heterocycles. The van der Waals surface area contributed by atoms with Gasteiger partial charge in [0.05, 0.1) is 48.4 Å². The van der Waals surface area contributed by atoms with Gasteiger partial charge in [-0.15, -0.1) is 0 Å². The minimum absolute atomic E-state index is 0.0692. The van der Waals surface area contributed by atoms with E-state index in [4.69, 9.17) is 29.7 Å². The molecule has 1 fully saturated rings. The van der Waals surface area contributed by atoms with E-state index in [-0.39, 0.29) is 35.7 Å². The van der Waals surface area contributed by atoms with Crippen molar-refractivity contribution in [3.63, 3.8) is 0 Å². The zero-order valence-corrected chi connectivity index (χ0v) is 28.4. The van der Waals surface area contributed by atoms with Crippen molar-refractivity contribution in [2.75, 3.05) is 19.5 Å². The standard InChI is InChI=1S/C24H34N5O16P3/c1-24(2,3)21(15-7-14(40-4)5-6-16(15)29(31)32)41-10-13-9-28(23-20(13)22(25)26-12-27-23)19-8-17(30)18(43-19)11-42-47(36,37)45-48(38,39)44-46(33,34)35/h5-7,9,12,17-19,21,30H,8,10-11H2,1-4H3,(H,36,37)(H,38,39)(H2,25,26,27)(H2,33,34,35)/t17-,18-,19-,21-/m1/s1. The Kier molecular flexibility index (Phi) is 11.2. The number of nitrogen functional groups attached to an aromatic ring is 1. The molecule has 0 spiro atoms. The Labute approximate surface area is 272 Å². The van der Waals surface area contributed by atoms with Crippen LogP contribution in [0.15, 0.2) is 30.7 Å². The maximum Gasteiger partial charge on any atom is 0.490 e. The lowest BCUT2D eigenvalue weighted by molar-refractivity contribution is -0.386. The minimum Gasteiger partial charge on any atom is -0.497 e. The number of phosphoric ester groups is 1. The van der Waals surface area contributed by atoms with Gasteiger partial charge in [-0.3, -0.25) is 14.6 Å². The summed E-state index contributed by atoms with van der Waals surface area (Å²) in [4.78, 5) is 56.2. The zero-order valence-electron chi connectivity index (χ0n) is 25.8. The molecule has 3 aromatic rings. The number of aromatic nitrogens is 3. The summed E-state index contributed by atoms with van der Waals surface area (Å²) < 4.78 is 65.5. The smallest absolute Gasteiger partial charge is 0.490 e. The molecule has 0 bridgehead atoms. The predicted octanol–water partition coefficient (Wildman–Crippen LogP) is 3.23. The van der Waals surface area contributed by atoms with E-state index in [1.807, 2.05) is 20.8 Å². The highest BCUT2D eigenvalue weighted by atomic mass is 31.3. The Bertz CT molecular complexity index is 1810. The number of nitrogens with two attached hydrogens (primary N) is 1. The highest BCUT2D eigenvalue weighted by Crippen LogP contribution is 2.66. The molecule has 1 aliphatic rings. The van der Waals surface area contributed by atoms with Crippen molar-refractivity contribution in [1.29, 1.82) is 0 Å². The van der Waals surface area contributed by atoms with Gasteiger partial charge in [-0.2, -0.15) is 8.62 Å². The van der Waals surface area contributed by atoms with E-state index in [1.54, 1.807) is 6.20 Å². The highest BCUT2D eigenvalue weighted by molar-refractivity contribution is 7.66. The SMILES string of the molecule is COc1ccc([N+](=O)[O-])c([C@@H](OCc2cn([C@H]3C[C@@H](O)[C@@H](COP(=O)(O)OP(=O)(O)OP(=O)(O)O)O3)c3ncnc(N)c23)C(C)(C)C)c1. The molecule has 0 amide bonds. The third-order valence-electron chi connectivity index (χ3n) is 6.96.